The summed E-state index contributed by atoms with van der Waals surface area (Å²) < 4.78 is 34.2. The number of carbonyl (C=O) groups excluding carboxylic acids is 1. The Balaban J connectivity index is 1.49. The van der Waals surface area contributed by atoms with E-state index in [0.717, 1.165) is 17.0 Å². The van der Waals surface area contributed by atoms with Crippen LogP contribution in [-0.4, -0.2) is 52.5 Å². The predicted octanol–water partition coefficient (Wildman–Crippen LogP) is 4.08. The van der Waals surface area contributed by atoms with Crippen molar-refractivity contribution in [3.63, 3.8) is 0 Å². The maximum absolute atomic E-state index is 13.2. The fraction of sp³-hybridized carbons (Fsp3) is 0.269. The first kappa shape index (κ1) is 23.6. The second kappa shape index (κ2) is 9.77. The van der Waals surface area contributed by atoms with Crippen molar-refractivity contribution < 1.29 is 17.9 Å². The van der Waals surface area contributed by atoms with E-state index < -0.39 is 10.0 Å². The van der Waals surface area contributed by atoms with Crippen LogP contribution in [0.15, 0.2) is 71.6 Å². The van der Waals surface area contributed by atoms with Crippen LogP contribution in [0, 0.1) is 13.8 Å². The summed E-state index contributed by atoms with van der Waals surface area (Å²) in [5.74, 6) is 0.628. The Morgan fingerprint density at radius 3 is 2.26 bits per heavy atom. The number of amides is 1. The minimum Gasteiger partial charge on any atom is -0.495 e. The number of ether oxygens (including phenoxy) is 1. The number of sulfonamides is 1. The highest BCUT2D eigenvalue weighted by molar-refractivity contribution is 7.92. The fourth-order valence-corrected chi connectivity index (χ4v) is 5.41. The van der Waals surface area contributed by atoms with Gasteiger partial charge < -0.3 is 14.5 Å². The van der Waals surface area contributed by atoms with Crippen LogP contribution in [0.3, 0.4) is 0 Å². The molecule has 1 aliphatic heterocycles. The summed E-state index contributed by atoms with van der Waals surface area (Å²) in [7, 11) is -2.19. The Labute approximate surface area is 201 Å². The zero-order valence-electron chi connectivity index (χ0n) is 19.6. The van der Waals surface area contributed by atoms with Gasteiger partial charge in [0.15, 0.2) is 0 Å². The van der Waals surface area contributed by atoms with E-state index >= 15 is 0 Å². The van der Waals surface area contributed by atoms with Crippen LogP contribution >= 0.6 is 0 Å². The van der Waals surface area contributed by atoms with Gasteiger partial charge in [-0.25, -0.2) is 8.42 Å². The molecule has 0 unspecified atom stereocenters. The van der Waals surface area contributed by atoms with Crippen molar-refractivity contribution in [1.29, 1.82) is 0 Å². The summed E-state index contributed by atoms with van der Waals surface area (Å²) in [6.45, 7) is 6.07. The lowest BCUT2D eigenvalue weighted by Gasteiger charge is -2.36. The number of piperazine rings is 1. The topological polar surface area (TPSA) is 79.0 Å². The highest BCUT2D eigenvalue weighted by atomic mass is 32.2. The van der Waals surface area contributed by atoms with Crippen LogP contribution in [0.2, 0.25) is 0 Å². The smallest absolute Gasteiger partial charge is 0.262 e. The molecule has 1 saturated heterocycles. The first-order chi connectivity index (χ1) is 16.3. The summed E-state index contributed by atoms with van der Waals surface area (Å²) in [4.78, 5) is 17.3. The van der Waals surface area contributed by atoms with Crippen LogP contribution in [0.5, 0.6) is 5.75 Å². The lowest BCUT2D eigenvalue weighted by molar-refractivity contribution is 0.0746. The van der Waals surface area contributed by atoms with Gasteiger partial charge in [-0.05, 0) is 55.8 Å². The molecule has 0 aliphatic carbocycles. The molecule has 0 atom stereocenters. The van der Waals surface area contributed by atoms with Crippen molar-refractivity contribution in [2.24, 2.45) is 0 Å². The molecule has 4 rings (SSSR count). The first-order valence-electron chi connectivity index (χ1n) is 11.2. The lowest BCUT2D eigenvalue weighted by Crippen LogP contribution is -2.48. The molecule has 1 aliphatic rings. The molecule has 178 valence electrons. The Morgan fingerprint density at radius 2 is 1.59 bits per heavy atom. The number of anilines is 2. The number of rotatable bonds is 6. The van der Waals surface area contributed by atoms with Gasteiger partial charge in [0.05, 0.1) is 17.7 Å². The van der Waals surface area contributed by atoms with Gasteiger partial charge >= 0.3 is 0 Å². The van der Waals surface area contributed by atoms with Gasteiger partial charge in [0, 0.05) is 37.4 Å². The van der Waals surface area contributed by atoms with Gasteiger partial charge in [-0.3, -0.25) is 9.52 Å². The van der Waals surface area contributed by atoms with Gasteiger partial charge in [-0.15, -0.1) is 0 Å². The number of nitrogens with zero attached hydrogens (tertiary/aromatic N) is 2. The van der Waals surface area contributed by atoms with Crippen LogP contribution in [-0.2, 0) is 10.0 Å². The molecule has 3 aromatic rings. The Hall–Kier alpha value is -3.52. The van der Waals surface area contributed by atoms with Gasteiger partial charge in [-0.1, -0.05) is 35.9 Å². The normalized spacial score (nSPS) is 14.1. The van der Waals surface area contributed by atoms with E-state index in [0.29, 0.717) is 43.0 Å². The van der Waals surface area contributed by atoms with Crippen LogP contribution < -0.4 is 14.4 Å². The lowest BCUT2D eigenvalue weighted by atomic mass is 10.1. The molecule has 1 amide bonds. The maximum Gasteiger partial charge on any atom is 0.262 e. The van der Waals surface area contributed by atoms with Gasteiger partial charge in [0.25, 0.3) is 15.9 Å². The van der Waals surface area contributed by atoms with E-state index in [9.17, 15) is 13.2 Å². The van der Waals surface area contributed by atoms with Crippen LogP contribution in [0.1, 0.15) is 21.5 Å². The molecule has 0 spiro atoms. The zero-order chi connectivity index (χ0) is 24.3. The Bertz CT molecular complexity index is 1280. The van der Waals surface area contributed by atoms with Gasteiger partial charge in [-0.2, -0.15) is 0 Å². The molecule has 1 N–H and O–H groups in total. The van der Waals surface area contributed by atoms with Crippen molar-refractivity contribution in [2.75, 3.05) is 42.9 Å². The number of carbonyl (C=O) groups is 1. The largest absolute Gasteiger partial charge is 0.495 e. The third-order valence-corrected chi connectivity index (χ3v) is 7.54. The third kappa shape index (κ3) is 5.02. The number of methoxy groups -OCH3 is 1. The van der Waals surface area contributed by atoms with Crippen molar-refractivity contribution in [3.05, 3.63) is 83.4 Å². The zero-order valence-corrected chi connectivity index (χ0v) is 20.4. The second-order valence-electron chi connectivity index (χ2n) is 8.40. The third-order valence-electron chi connectivity index (χ3n) is 6.02. The molecule has 8 heteroatoms. The molecule has 3 aromatic carbocycles. The van der Waals surface area contributed by atoms with Gasteiger partial charge in [0.2, 0.25) is 0 Å². The van der Waals surface area contributed by atoms with E-state index in [1.54, 1.807) is 43.2 Å². The number of benzene rings is 3. The second-order valence-corrected chi connectivity index (χ2v) is 10.1. The van der Waals surface area contributed by atoms with Crippen molar-refractivity contribution in [2.45, 2.75) is 18.7 Å². The maximum atomic E-state index is 13.2. The van der Waals surface area contributed by atoms with Crippen molar-refractivity contribution >= 4 is 27.3 Å². The minimum absolute atomic E-state index is 0.103. The first-order valence-corrected chi connectivity index (χ1v) is 12.6. The highest BCUT2D eigenvalue weighted by Gasteiger charge is 2.25. The Morgan fingerprint density at radius 1 is 0.912 bits per heavy atom. The number of para-hydroxylation sites is 2. The quantitative estimate of drug-likeness (QED) is 0.577. The molecular weight excluding hydrogens is 450 g/mol. The molecule has 0 bridgehead atoms. The summed E-state index contributed by atoms with van der Waals surface area (Å²) in [5, 5.41) is 0. The van der Waals surface area contributed by atoms with E-state index in [-0.39, 0.29) is 10.8 Å². The average molecular weight is 480 g/mol. The van der Waals surface area contributed by atoms with E-state index in [4.69, 9.17) is 4.74 Å². The van der Waals surface area contributed by atoms with Gasteiger partial charge in [0.1, 0.15) is 5.75 Å². The molecule has 0 aromatic heterocycles. The average Bonchev–Trinajstić information content (AvgIpc) is 2.85. The molecule has 1 heterocycles. The van der Waals surface area contributed by atoms with Crippen molar-refractivity contribution in [3.8, 4) is 5.75 Å². The molecule has 34 heavy (non-hydrogen) atoms. The van der Waals surface area contributed by atoms with Crippen LogP contribution in [0.25, 0.3) is 0 Å². The van der Waals surface area contributed by atoms with E-state index in [1.807, 2.05) is 43.3 Å². The number of aryl methyl sites for hydroxylation is 2. The SMILES string of the molecule is COc1ccccc1N1CCN(C(=O)c2ccc(C)c(S(=O)(=O)Nc3ccc(C)cc3)c2)CC1. The summed E-state index contributed by atoms with van der Waals surface area (Å²) in [6, 6.07) is 19.8. The minimum atomic E-state index is -3.84. The number of nitrogens with one attached hydrogen (secondary N) is 1. The van der Waals surface area contributed by atoms with E-state index in [2.05, 4.69) is 9.62 Å². The highest BCUT2D eigenvalue weighted by Crippen LogP contribution is 2.29. The summed E-state index contributed by atoms with van der Waals surface area (Å²) in [6.07, 6.45) is 0. The molecule has 0 saturated carbocycles. The number of hydrogen-bond donors (Lipinski definition) is 1. The summed E-state index contributed by atoms with van der Waals surface area (Å²) >= 11 is 0. The predicted molar refractivity (Wildman–Crippen MR) is 134 cm³/mol. The van der Waals surface area contributed by atoms with E-state index in [1.165, 1.54) is 6.07 Å². The molecular formula is C26H29N3O4S. The Kier molecular flexibility index (Phi) is 6.79. The van der Waals surface area contributed by atoms with Crippen LogP contribution in [0.4, 0.5) is 11.4 Å². The standard InChI is InChI=1S/C26H29N3O4S/c1-19-8-12-22(13-9-19)27-34(31,32)25-18-21(11-10-20(25)2)26(30)29-16-14-28(15-17-29)23-6-4-5-7-24(23)33-3/h4-13,18,27H,14-17H2,1-3H3. The fourth-order valence-electron chi connectivity index (χ4n) is 4.08. The molecule has 1 fully saturated rings. The van der Waals surface area contributed by atoms with Crippen molar-refractivity contribution in [1.82, 2.24) is 4.90 Å². The monoisotopic (exact) mass is 479 g/mol. The molecule has 7 nitrogen and oxygen atoms in total. The molecule has 0 radical (unpaired) electrons. The summed E-state index contributed by atoms with van der Waals surface area (Å²) in [5.41, 5.74) is 3.47. The number of hydrogen-bond acceptors (Lipinski definition) is 5.